The van der Waals surface area contributed by atoms with E-state index in [2.05, 4.69) is 19.1 Å². The number of hydrogen-bond acceptors (Lipinski definition) is 4. The second kappa shape index (κ2) is 6.18. The number of rotatable bonds is 4. The van der Waals surface area contributed by atoms with Crippen LogP contribution in [0.3, 0.4) is 0 Å². The number of carbonyl (C=O) groups is 1. The fraction of sp³-hybridized carbons (Fsp3) is 0.312. The third kappa shape index (κ3) is 3.19. The van der Waals surface area contributed by atoms with Crippen LogP contribution in [0.4, 0.5) is 5.69 Å². The fourth-order valence-corrected chi connectivity index (χ4v) is 3.07. The van der Waals surface area contributed by atoms with Crippen molar-refractivity contribution in [3.05, 3.63) is 45.6 Å². The number of benzene rings is 1. The second-order valence-electron chi connectivity index (χ2n) is 5.00. The first kappa shape index (κ1) is 15.4. The predicted molar refractivity (Wildman–Crippen MR) is 87.0 cm³/mol. The summed E-state index contributed by atoms with van der Waals surface area (Å²) >= 11 is 1.71. The number of anilines is 1. The lowest BCUT2D eigenvalue weighted by molar-refractivity contribution is 0.0744. The Morgan fingerprint density at radius 3 is 2.62 bits per heavy atom. The summed E-state index contributed by atoms with van der Waals surface area (Å²) in [5.74, 6) is 0.473. The van der Waals surface area contributed by atoms with E-state index in [0.29, 0.717) is 17.0 Å². The minimum atomic E-state index is -0.0492. The molecule has 1 aromatic heterocycles. The van der Waals surface area contributed by atoms with Gasteiger partial charge in [0, 0.05) is 22.4 Å². The van der Waals surface area contributed by atoms with Crippen molar-refractivity contribution in [3.8, 4) is 5.75 Å². The highest BCUT2D eigenvalue weighted by molar-refractivity contribution is 7.12. The Hall–Kier alpha value is -2.01. The summed E-state index contributed by atoms with van der Waals surface area (Å²) in [6, 6.07) is 9.27. The summed E-state index contributed by atoms with van der Waals surface area (Å²) in [5, 5.41) is 0. The number of carbonyl (C=O) groups excluding carboxylic acids is 1. The summed E-state index contributed by atoms with van der Waals surface area (Å²) in [6.07, 6.45) is 0. The molecule has 21 heavy (non-hydrogen) atoms. The molecule has 0 fully saturated rings. The van der Waals surface area contributed by atoms with Crippen molar-refractivity contribution in [1.82, 2.24) is 4.90 Å². The molecule has 0 radical (unpaired) electrons. The van der Waals surface area contributed by atoms with E-state index in [0.717, 1.165) is 0 Å². The number of amides is 1. The molecule has 0 spiro atoms. The summed E-state index contributed by atoms with van der Waals surface area (Å²) in [7, 11) is 3.35. The standard InChI is InChI=1S/C16H20N2O2S/c1-10-5-8-15(21-10)11(2)18(3)16(19)12-6-7-13(17)14(9-12)20-4/h5-9,11H,17H2,1-4H3. The Labute approximate surface area is 129 Å². The second-order valence-corrected chi connectivity index (χ2v) is 6.32. The normalized spacial score (nSPS) is 12.0. The van der Waals surface area contributed by atoms with E-state index in [1.165, 1.54) is 9.75 Å². The van der Waals surface area contributed by atoms with Gasteiger partial charge in [-0.2, -0.15) is 0 Å². The Balaban J connectivity index is 2.22. The van der Waals surface area contributed by atoms with Gasteiger partial charge in [0.15, 0.2) is 0 Å². The van der Waals surface area contributed by atoms with Crippen molar-refractivity contribution < 1.29 is 9.53 Å². The molecule has 0 bridgehead atoms. The number of hydrogen-bond donors (Lipinski definition) is 1. The third-order valence-corrected chi connectivity index (χ3v) is 4.73. The van der Waals surface area contributed by atoms with Crippen LogP contribution in [0.15, 0.2) is 30.3 Å². The summed E-state index contributed by atoms with van der Waals surface area (Å²) in [5.41, 5.74) is 6.88. The fourth-order valence-electron chi connectivity index (χ4n) is 2.09. The Kier molecular flexibility index (Phi) is 4.53. The number of ether oxygens (including phenoxy) is 1. The maximum absolute atomic E-state index is 12.6. The van der Waals surface area contributed by atoms with Crippen LogP contribution in [0.25, 0.3) is 0 Å². The lowest BCUT2D eigenvalue weighted by Crippen LogP contribution is -2.29. The lowest BCUT2D eigenvalue weighted by atomic mass is 10.1. The number of nitrogens with zero attached hydrogens (tertiary/aromatic N) is 1. The van der Waals surface area contributed by atoms with Gasteiger partial charge in [0.25, 0.3) is 5.91 Å². The summed E-state index contributed by atoms with van der Waals surface area (Å²) in [4.78, 5) is 16.7. The zero-order valence-corrected chi connectivity index (χ0v) is 13.5. The monoisotopic (exact) mass is 304 g/mol. The molecule has 112 valence electrons. The van der Waals surface area contributed by atoms with E-state index in [1.807, 2.05) is 14.0 Å². The van der Waals surface area contributed by atoms with Gasteiger partial charge in [-0.05, 0) is 44.2 Å². The highest BCUT2D eigenvalue weighted by Gasteiger charge is 2.20. The minimum Gasteiger partial charge on any atom is -0.495 e. The SMILES string of the molecule is COc1cc(C(=O)N(C)C(C)c2ccc(C)s2)ccc1N. The maximum atomic E-state index is 12.6. The zero-order valence-electron chi connectivity index (χ0n) is 12.7. The smallest absolute Gasteiger partial charge is 0.254 e. The van der Waals surface area contributed by atoms with Gasteiger partial charge in [-0.3, -0.25) is 4.79 Å². The van der Waals surface area contributed by atoms with Gasteiger partial charge in [-0.25, -0.2) is 0 Å². The van der Waals surface area contributed by atoms with E-state index >= 15 is 0 Å². The first-order valence-corrected chi connectivity index (χ1v) is 7.52. The maximum Gasteiger partial charge on any atom is 0.254 e. The molecule has 2 rings (SSSR count). The number of nitrogens with two attached hydrogens (primary N) is 1. The molecule has 1 atom stereocenters. The van der Waals surface area contributed by atoms with Crippen molar-refractivity contribution in [1.29, 1.82) is 0 Å². The molecule has 0 aliphatic carbocycles. The zero-order chi connectivity index (χ0) is 15.6. The molecule has 2 N–H and O–H groups in total. The van der Waals surface area contributed by atoms with Crippen molar-refractivity contribution >= 4 is 22.9 Å². The molecule has 2 aromatic rings. The number of nitrogen functional groups attached to an aromatic ring is 1. The largest absolute Gasteiger partial charge is 0.495 e. The molecule has 0 aliphatic heterocycles. The lowest BCUT2D eigenvalue weighted by Gasteiger charge is -2.24. The van der Waals surface area contributed by atoms with Crippen LogP contribution in [0.2, 0.25) is 0 Å². The Morgan fingerprint density at radius 2 is 2.05 bits per heavy atom. The van der Waals surface area contributed by atoms with E-state index in [-0.39, 0.29) is 11.9 Å². The highest BCUT2D eigenvalue weighted by atomic mass is 32.1. The van der Waals surface area contributed by atoms with E-state index in [4.69, 9.17) is 10.5 Å². The minimum absolute atomic E-state index is 0.0275. The van der Waals surface area contributed by atoms with E-state index in [9.17, 15) is 4.79 Å². The average molecular weight is 304 g/mol. The van der Waals surface area contributed by atoms with Crippen LogP contribution in [0.5, 0.6) is 5.75 Å². The van der Waals surface area contributed by atoms with Gasteiger partial charge in [0.2, 0.25) is 0 Å². The van der Waals surface area contributed by atoms with Crippen LogP contribution < -0.4 is 10.5 Å². The van der Waals surface area contributed by atoms with Gasteiger partial charge in [-0.15, -0.1) is 11.3 Å². The molecule has 5 heteroatoms. The highest BCUT2D eigenvalue weighted by Crippen LogP contribution is 2.28. The van der Waals surface area contributed by atoms with Gasteiger partial charge >= 0.3 is 0 Å². The van der Waals surface area contributed by atoms with Gasteiger partial charge in [0.05, 0.1) is 18.8 Å². The van der Waals surface area contributed by atoms with Crippen LogP contribution in [0, 0.1) is 6.92 Å². The molecular formula is C16H20N2O2S. The van der Waals surface area contributed by atoms with Crippen molar-refractivity contribution in [2.24, 2.45) is 0 Å². The van der Waals surface area contributed by atoms with Gasteiger partial charge in [-0.1, -0.05) is 0 Å². The topological polar surface area (TPSA) is 55.6 Å². The van der Waals surface area contributed by atoms with Crippen LogP contribution in [-0.2, 0) is 0 Å². The first-order valence-electron chi connectivity index (χ1n) is 6.71. The summed E-state index contributed by atoms with van der Waals surface area (Å²) in [6.45, 7) is 4.09. The number of thiophene rings is 1. The molecule has 1 amide bonds. The van der Waals surface area contributed by atoms with Gasteiger partial charge in [0.1, 0.15) is 5.75 Å². The van der Waals surface area contributed by atoms with Crippen LogP contribution in [0.1, 0.15) is 33.1 Å². The number of methoxy groups -OCH3 is 1. The predicted octanol–water partition coefficient (Wildman–Crippen LogP) is 3.48. The third-order valence-electron chi connectivity index (χ3n) is 3.55. The van der Waals surface area contributed by atoms with Crippen LogP contribution in [-0.4, -0.2) is 25.0 Å². The molecule has 1 unspecified atom stereocenters. The van der Waals surface area contributed by atoms with Crippen molar-refractivity contribution in [2.45, 2.75) is 19.9 Å². The molecule has 0 saturated carbocycles. The van der Waals surface area contributed by atoms with Gasteiger partial charge < -0.3 is 15.4 Å². The average Bonchev–Trinajstić information content (AvgIpc) is 2.92. The molecule has 0 saturated heterocycles. The molecule has 1 heterocycles. The molecule has 4 nitrogen and oxygen atoms in total. The summed E-state index contributed by atoms with van der Waals surface area (Å²) < 4.78 is 5.17. The van der Waals surface area contributed by atoms with E-state index in [1.54, 1.807) is 41.5 Å². The van der Waals surface area contributed by atoms with Crippen molar-refractivity contribution in [3.63, 3.8) is 0 Å². The Morgan fingerprint density at radius 1 is 1.33 bits per heavy atom. The molecular weight excluding hydrogens is 284 g/mol. The Bertz CT molecular complexity index is 651. The molecule has 0 aliphatic rings. The van der Waals surface area contributed by atoms with E-state index < -0.39 is 0 Å². The van der Waals surface area contributed by atoms with Crippen LogP contribution >= 0.6 is 11.3 Å². The number of aryl methyl sites for hydroxylation is 1. The quantitative estimate of drug-likeness (QED) is 0.880. The molecule has 1 aromatic carbocycles. The van der Waals surface area contributed by atoms with Crippen molar-refractivity contribution in [2.75, 3.05) is 19.9 Å². The first-order chi connectivity index (χ1) is 9.93.